The second-order valence-electron chi connectivity index (χ2n) is 12.5. The lowest BCUT2D eigenvalue weighted by Crippen LogP contribution is -2.53. The summed E-state index contributed by atoms with van der Waals surface area (Å²) in [6.07, 6.45) is 1.73. The fraction of sp³-hybridized carbons (Fsp3) is 0.432. The highest BCUT2D eigenvalue weighted by atomic mass is 32.2. The van der Waals surface area contributed by atoms with E-state index in [9.17, 15) is 33.0 Å². The number of nitrogens with one attached hydrogen (secondary N) is 2. The van der Waals surface area contributed by atoms with Gasteiger partial charge in [-0.2, -0.15) is 0 Å². The van der Waals surface area contributed by atoms with Crippen molar-refractivity contribution in [3.63, 3.8) is 0 Å². The zero-order chi connectivity index (χ0) is 36.8. The number of unbranched alkanes of at least 4 members (excludes halogenated alkanes) is 1. The molecule has 0 saturated heterocycles. The van der Waals surface area contributed by atoms with E-state index in [1.165, 1.54) is 52.4 Å². The second kappa shape index (κ2) is 19.2. The lowest BCUT2D eigenvalue weighted by molar-refractivity contribution is 0.0614. The molecule has 0 aromatic heterocycles. The summed E-state index contributed by atoms with van der Waals surface area (Å²) < 4.78 is 26.4. The van der Waals surface area contributed by atoms with Crippen molar-refractivity contribution >= 4 is 27.7 Å². The van der Waals surface area contributed by atoms with Crippen molar-refractivity contribution in [1.82, 2.24) is 25.0 Å². The molecule has 0 fully saturated rings. The molecule has 13 heteroatoms. The maximum atomic E-state index is 14.0. The molecule has 0 aliphatic heterocycles. The summed E-state index contributed by atoms with van der Waals surface area (Å²) in [5.74, 6) is -1.26. The minimum absolute atomic E-state index is 0.0516. The maximum absolute atomic E-state index is 14.0. The van der Waals surface area contributed by atoms with Crippen LogP contribution in [0.15, 0.2) is 77.7 Å². The SMILES string of the molecule is CCCCN(CC(O)C(Cc1ccc(O)cc1)NC(=O)c1cc(C(=O)N(C)C)cc(C(=O)N(CCC)CCC)c1)NS(=O)(=O)c1ccccc1. The van der Waals surface area contributed by atoms with Crippen molar-refractivity contribution in [2.24, 2.45) is 0 Å². The molecule has 3 aromatic carbocycles. The van der Waals surface area contributed by atoms with Gasteiger partial charge in [0.05, 0.1) is 17.0 Å². The third kappa shape index (κ3) is 11.7. The molecule has 2 atom stereocenters. The van der Waals surface area contributed by atoms with Gasteiger partial charge in [-0.15, -0.1) is 4.83 Å². The van der Waals surface area contributed by atoms with Crippen LogP contribution < -0.4 is 10.1 Å². The van der Waals surface area contributed by atoms with E-state index >= 15 is 0 Å². The molecule has 0 aliphatic carbocycles. The Labute approximate surface area is 296 Å². The first-order chi connectivity index (χ1) is 23.8. The molecule has 2 unspecified atom stereocenters. The number of nitrogens with zero attached hydrogens (tertiary/aromatic N) is 3. The lowest BCUT2D eigenvalue weighted by atomic mass is 9.99. The minimum Gasteiger partial charge on any atom is -0.508 e. The third-order valence-corrected chi connectivity index (χ3v) is 9.43. The van der Waals surface area contributed by atoms with Gasteiger partial charge in [0.25, 0.3) is 27.7 Å². The van der Waals surface area contributed by atoms with Crippen molar-refractivity contribution in [3.05, 3.63) is 95.1 Å². The molecule has 0 aliphatic rings. The Balaban J connectivity index is 1.99. The molecular weight excluding hydrogens is 659 g/mol. The van der Waals surface area contributed by atoms with Gasteiger partial charge < -0.3 is 25.3 Å². The van der Waals surface area contributed by atoms with E-state index in [4.69, 9.17) is 0 Å². The van der Waals surface area contributed by atoms with Crippen molar-refractivity contribution in [2.45, 2.75) is 69.9 Å². The van der Waals surface area contributed by atoms with Gasteiger partial charge in [0.2, 0.25) is 0 Å². The number of hydrogen-bond donors (Lipinski definition) is 4. The zero-order valence-corrected chi connectivity index (χ0v) is 30.4. The fourth-order valence-corrected chi connectivity index (χ4v) is 6.55. The Kier molecular flexibility index (Phi) is 15.4. The van der Waals surface area contributed by atoms with Crippen molar-refractivity contribution in [1.29, 1.82) is 0 Å². The molecular formula is C37H51N5O7S. The van der Waals surface area contributed by atoms with Crippen LogP contribution in [-0.2, 0) is 16.4 Å². The average molecular weight is 710 g/mol. The number of amides is 3. The largest absolute Gasteiger partial charge is 0.508 e. The highest BCUT2D eigenvalue weighted by Gasteiger charge is 2.28. The molecule has 3 rings (SSSR count). The third-order valence-electron chi connectivity index (χ3n) is 8.03. The number of carbonyl (C=O) groups is 3. The minimum atomic E-state index is -3.96. The van der Waals surface area contributed by atoms with Crippen LogP contribution in [0.1, 0.15) is 83.1 Å². The first-order valence-corrected chi connectivity index (χ1v) is 18.5. The summed E-state index contributed by atoms with van der Waals surface area (Å²) in [5, 5.41) is 25.8. The van der Waals surface area contributed by atoms with Crippen LogP contribution in [0.2, 0.25) is 0 Å². The van der Waals surface area contributed by atoms with E-state index < -0.39 is 28.1 Å². The van der Waals surface area contributed by atoms with E-state index in [1.807, 2.05) is 20.8 Å². The van der Waals surface area contributed by atoms with Crippen LogP contribution in [0.25, 0.3) is 0 Å². The van der Waals surface area contributed by atoms with Crippen LogP contribution in [0.4, 0.5) is 0 Å². The van der Waals surface area contributed by atoms with E-state index in [1.54, 1.807) is 49.3 Å². The number of aliphatic hydroxyl groups is 1. The summed E-state index contributed by atoms with van der Waals surface area (Å²) in [5.41, 5.74) is 1.11. The van der Waals surface area contributed by atoms with Gasteiger partial charge in [-0.25, -0.2) is 13.4 Å². The first kappa shape index (κ1) is 40.1. The summed E-state index contributed by atoms with van der Waals surface area (Å²) in [7, 11) is -0.800. The van der Waals surface area contributed by atoms with Gasteiger partial charge in [-0.3, -0.25) is 14.4 Å². The molecule has 3 amide bonds. The quantitative estimate of drug-likeness (QED) is 0.136. The molecule has 4 N–H and O–H groups in total. The normalized spacial score (nSPS) is 12.7. The van der Waals surface area contributed by atoms with Crippen molar-refractivity contribution in [3.8, 4) is 5.75 Å². The molecule has 0 saturated carbocycles. The summed E-state index contributed by atoms with van der Waals surface area (Å²) in [4.78, 5) is 46.4. The first-order valence-electron chi connectivity index (χ1n) is 17.0. The maximum Gasteiger partial charge on any atom is 0.253 e. The molecule has 0 spiro atoms. The Hall–Kier alpha value is -4.30. The van der Waals surface area contributed by atoms with Crippen LogP contribution >= 0.6 is 0 Å². The van der Waals surface area contributed by atoms with Crippen molar-refractivity contribution in [2.75, 3.05) is 40.3 Å². The number of benzene rings is 3. The monoisotopic (exact) mass is 709 g/mol. The number of hydrogen-bond acceptors (Lipinski definition) is 8. The van der Waals surface area contributed by atoms with Gasteiger partial charge in [0, 0.05) is 57.0 Å². The van der Waals surface area contributed by atoms with Crippen molar-refractivity contribution < 1.29 is 33.0 Å². The lowest BCUT2D eigenvalue weighted by Gasteiger charge is -2.30. The van der Waals surface area contributed by atoms with Gasteiger partial charge in [0.15, 0.2) is 0 Å². The number of aromatic hydroxyl groups is 1. The Morgan fingerprint density at radius 3 is 1.92 bits per heavy atom. The number of carbonyl (C=O) groups excluding carboxylic acids is 3. The van der Waals surface area contributed by atoms with Crippen LogP contribution in [0.3, 0.4) is 0 Å². The number of phenols is 1. The molecule has 0 radical (unpaired) electrons. The van der Waals surface area contributed by atoms with Gasteiger partial charge >= 0.3 is 0 Å². The summed E-state index contributed by atoms with van der Waals surface area (Å²) >= 11 is 0. The summed E-state index contributed by atoms with van der Waals surface area (Å²) in [6.45, 7) is 7.07. The van der Waals surface area contributed by atoms with Crippen LogP contribution in [0.5, 0.6) is 5.75 Å². The Morgan fingerprint density at radius 1 is 0.780 bits per heavy atom. The second-order valence-corrected chi connectivity index (χ2v) is 14.2. The highest BCUT2D eigenvalue weighted by molar-refractivity contribution is 7.89. The predicted octanol–water partition coefficient (Wildman–Crippen LogP) is 4.05. The standard InChI is InChI=1S/C37H51N5O7S/c1-6-9-21-42(39-50(48,49)32-13-11-10-12-14-32)26-34(44)33(22-27-15-17-31(43)18-16-27)38-35(45)28-23-29(36(46)40(4)5)25-30(24-28)37(47)41(19-7-2)20-8-3/h10-18,23-25,33-34,39,43-44H,6-9,19-22,26H2,1-5H3,(H,38,45). The fourth-order valence-electron chi connectivity index (χ4n) is 5.42. The van der Waals surface area contributed by atoms with Crippen LogP contribution in [-0.4, -0.2) is 104 Å². The van der Waals surface area contributed by atoms with E-state index in [0.717, 1.165) is 19.3 Å². The topological polar surface area (TPSA) is 160 Å². The predicted molar refractivity (Wildman–Crippen MR) is 193 cm³/mol. The van der Waals surface area contributed by atoms with Crippen LogP contribution in [0, 0.1) is 0 Å². The average Bonchev–Trinajstić information content (AvgIpc) is 3.10. The summed E-state index contributed by atoms with van der Waals surface area (Å²) in [6, 6.07) is 17.6. The smallest absolute Gasteiger partial charge is 0.253 e. The molecule has 0 heterocycles. The number of aliphatic hydroxyl groups excluding tert-OH is 1. The molecule has 50 heavy (non-hydrogen) atoms. The van der Waals surface area contributed by atoms with E-state index in [-0.39, 0.29) is 52.1 Å². The number of hydrazine groups is 1. The number of phenolic OH excluding ortho intramolecular Hbond substituents is 1. The number of sulfonamides is 1. The number of rotatable bonds is 19. The Bertz CT molecular complexity index is 1660. The van der Waals surface area contributed by atoms with Gasteiger partial charge in [0.1, 0.15) is 5.75 Å². The highest BCUT2D eigenvalue weighted by Crippen LogP contribution is 2.18. The zero-order valence-electron chi connectivity index (χ0n) is 29.6. The molecule has 3 aromatic rings. The molecule has 272 valence electrons. The molecule has 12 nitrogen and oxygen atoms in total. The molecule has 0 bridgehead atoms. The van der Waals surface area contributed by atoms with Gasteiger partial charge in [-0.1, -0.05) is 57.5 Å². The van der Waals surface area contributed by atoms with E-state index in [2.05, 4.69) is 10.1 Å². The van der Waals surface area contributed by atoms with Gasteiger partial charge in [-0.05, 0) is 73.7 Å². The Morgan fingerprint density at radius 2 is 1.36 bits per heavy atom. The van der Waals surface area contributed by atoms with E-state index in [0.29, 0.717) is 31.6 Å².